The number of rotatable bonds is 2. The second-order valence-electron chi connectivity index (χ2n) is 5.32. The summed E-state index contributed by atoms with van der Waals surface area (Å²) in [5.41, 5.74) is 7.24. The zero-order valence-corrected chi connectivity index (χ0v) is 11.4. The van der Waals surface area contributed by atoms with E-state index in [9.17, 15) is 4.79 Å². The minimum atomic E-state index is -0.570. The Labute approximate surface area is 107 Å². The van der Waals surface area contributed by atoms with Crippen LogP contribution in [0.4, 0.5) is 5.69 Å². The van der Waals surface area contributed by atoms with Gasteiger partial charge in [-0.1, -0.05) is 38.4 Å². The van der Waals surface area contributed by atoms with Crippen LogP contribution in [0.3, 0.4) is 0 Å². The number of benzene rings is 1. The number of nitrogens with two attached hydrogens (primary N) is 1. The van der Waals surface area contributed by atoms with Gasteiger partial charge < -0.3 is 11.1 Å². The Kier molecular flexibility index (Phi) is 4.17. The quantitative estimate of drug-likeness (QED) is 0.853. The van der Waals surface area contributed by atoms with Crippen LogP contribution >= 0.6 is 11.6 Å². The van der Waals surface area contributed by atoms with E-state index in [1.165, 1.54) is 0 Å². The molecule has 0 fully saturated rings. The van der Waals surface area contributed by atoms with Crippen molar-refractivity contribution in [1.29, 1.82) is 0 Å². The van der Waals surface area contributed by atoms with E-state index in [1.807, 2.05) is 33.8 Å². The third kappa shape index (κ3) is 3.72. The summed E-state index contributed by atoms with van der Waals surface area (Å²) in [4.78, 5) is 11.9. The molecule has 4 heteroatoms. The minimum absolute atomic E-state index is 0.219. The Morgan fingerprint density at radius 1 is 1.41 bits per heavy atom. The molecule has 0 bridgehead atoms. The summed E-state index contributed by atoms with van der Waals surface area (Å²) in [5.74, 6) is -0.219. The maximum Gasteiger partial charge on any atom is 0.241 e. The van der Waals surface area contributed by atoms with Gasteiger partial charge in [0.15, 0.2) is 0 Å². The molecule has 0 aliphatic carbocycles. The van der Waals surface area contributed by atoms with Gasteiger partial charge in [-0.25, -0.2) is 0 Å². The molecule has 0 saturated carbocycles. The molecule has 1 aromatic carbocycles. The van der Waals surface area contributed by atoms with Crippen molar-refractivity contribution in [2.24, 2.45) is 11.1 Å². The molecule has 0 saturated heterocycles. The fourth-order valence-corrected chi connectivity index (χ4v) is 1.61. The first-order valence-electron chi connectivity index (χ1n) is 5.54. The van der Waals surface area contributed by atoms with E-state index < -0.39 is 6.04 Å². The lowest BCUT2D eigenvalue weighted by Crippen LogP contribution is -2.45. The van der Waals surface area contributed by atoms with Crippen molar-refractivity contribution in [1.82, 2.24) is 0 Å². The number of hydrogen-bond donors (Lipinski definition) is 2. The molecule has 1 atom stereocenters. The van der Waals surface area contributed by atoms with E-state index in [-0.39, 0.29) is 11.3 Å². The van der Waals surface area contributed by atoms with Crippen LogP contribution in [0.1, 0.15) is 26.3 Å². The van der Waals surface area contributed by atoms with Crippen LogP contribution in [-0.2, 0) is 4.79 Å². The maximum absolute atomic E-state index is 11.9. The number of carbonyl (C=O) groups excluding carboxylic acids is 1. The number of amides is 1. The average molecular weight is 255 g/mol. The van der Waals surface area contributed by atoms with Crippen LogP contribution in [0.25, 0.3) is 0 Å². The van der Waals surface area contributed by atoms with E-state index >= 15 is 0 Å². The molecular formula is C13H19ClN2O. The van der Waals surface area contributed by atoms with Crippen molar-refractivity contribution >= 4 is 23.2 Å². The lowest BCUT2D eigenvalue weighted by atomic mass is 9.87. The van der Waals surface area contributed by atoms with Crippen molar-refractivity contribution in [2.45, 2.75) is 33.7 Å². The van der Waals surface area contributed by atoms with Crippen LogP contribution < -0.4 is 11.1 Å². The fourth-order valence-electron chi connectivity index (χ4n) is 1.33. The number of carbonyl (C=O) groups is 1. The summed E-state index contributed by atoms with van der Waals surface area (Å²) in [5, 5.41) is 3.28. The Morgan fingerprint density at radius 2 is 2.00 bits per heavy atom. The predicted molar refractivity (Wildman–Crippen MR) is 72.2 cm³/mol. The SMILES string of the molecule is Cc1ccc(NC(=O)C(N)C(C)(C)C)c(Cl)c1. The molecule has 17 heavy (non-hydrogen) atoms. The number of anilines is 1. The van der Waals surface area contributed by atoms with Gasteiger partial charge in [-0.3, -0.25) is 4.79 Å². The third-order valence-electron chi connectivity index (χ3n) is 2.60. The number of hydrogen-bond acceptors (Lipinski definition) is 2. The monoisotopic (exact) mass is 254 g/mol. The van der Waals surface area contributed by atoms with E-state index in [0.29, 0.717) is 10.7 Å². The molecule has 3 N–H and O–H groups in total. The van der Waals surface area contributed by atoms with Crippen LogP contribution in [0, 0.1) is 12.3 Å². The summed E-state index contributed by atoms with van der Waals surface area (Å²) in [7, 11) is 0. The minimum Gasteiger partial charge on any atom is -0.323 e. The molecule has 0 aromatic heterocycles. The molecule has 0 aliphatic rings. The van der Waals surface area contributed by atoms with Crippen LogP contribution in [-0.4, -0.2) is 11.9 Å². The van der Waals surface area contributed by atoms with Gasteiger partial charge in [-0.15, -0.1) is 0 Å². The molecule has 0 spiro atoms. The van der Waals surface area contributed by atoms with Crippen molar-refractivity contribution in [2.75, 3.05) is 5.32 Å². The highest BCUT2D eigenvalue weighted by molar-refractivity contribution is 6.33. The van der Waals surface area contributed by atoms with Crippen molar-refractivity contribution < 1.29 is 4.79 Å². The second-order valence-corrected chi connectivity index (χ2v) is 5.72. The zero-order chi connectivity index (χ0) is 13.2. The van der Waals surface area contributed by atoms with Crippen LogP contribution in [0.2, 0.25) is 5.02 Å². The van der Waals surface area contributed by atoms with Gasteiger partial charge in [0.25, 0.3) is 0 Å². The molecular weight excluding hydrogens is 236 g/mol. The molecule has 0 heterocycles. The Bertz CT molecular complexity index is 424. The highest BCUT2D eigenvalue weighted by Gasteiger charge is 2.27. The van der Waals surface area contributed by atoms with E-state index in [1.54, 1.807) is 12.1 Å². The summed E-state index contributed by atoms with van der Waals surface area (Å²) < 4.78 is 0. The van der Waals surface area contributed by atoms with Gasteiger partial charge in [-0.2, -0.15) is 0 Å². The normalized spacial score (nSPS) is 13.3. The summed E-state index contributed by atoms with van der Waals surface area (Å²) in [6, 6.07) is 4.91. The summed E-state index contributed by atoms with van der Waals surface area (Å²) in [6.07, 6.45) is 0. The molecule has 1 rings (SSSR count). The van der Waals surface area contributed by atoms with Crippen LogP contribution in [0.5, 0.6) is 0 Å². The lowest BCUT2D eigenvalue weighted by molar-refractivity contribution is -0.119. The summed E-state index contributed by atoms with van der Waals surface area (Å²) in [6.45, 7) is 7.72. The molecule has 1 amide bonds. The maximum atomic E-state index is 11.9. The van der Waals surface area contributed by atoms with Crippen LogP contribution in [0.15, 0.2) is 18.2 Å². The van der Waals surface area contributed by atoms with Crippen molar-refractivity contribution in [3.05, 3.63) is 28.8 Å². The second kappa shape index (κ2) is 5.07. The summed E-state index contributed by atoms with van der Waals surface area (Å²) >= 11 is 6.04. The zero-order valence-electron chi connectivity index (χ0n) is 10.7. The molecule has 1 unspecified atom stereocenters. The fraction of sp³-hybridized carbons (Fsp3) is 0.462. The molecule has 94 valence electrons. The van der Waals surface area contributed by atoms with E-state index in [4.69, 9.17) is 17.3 Å². The van der Waals surface area contributed by atoms with Gasteiger partial charge >= 0.3 is 0 Å². The molecule has 0 radical (unpaired) electrons. The Morgan fingerprint density at radius 3 is 2.47 bits per heavy atom. The highest BCUT2D eigenvalue weighted by atomic mass is 35.5. The molecule has 3 nitrogen and oxygen atoms in total. The largest absolute Gasteiger partial charge is 0.323 e. The first-order chi connectivity index (χ1) is 7.71. The van der Waals surface area contributed by atoms with Gasteiger partial charge in [0, 0.05) is 0 Å². The standard InChI is InChI=1S/C13H19ClN2O/c1-8-5-6-10(9(14)7-8)16-12(17)11(15)13(2,3)4/h5-7,11H,15H2,1-4H3,(H,16,17). The van der Waals surface area contributed by atoms with E-state index in [0.717, 1.165) is 5.56 Å². The van der Waals surface area contributed by atoms with Crippen molar-refractivity contribution in [3.63, 3.8) is 0 Å². The van der Waals surface area contributed by atoms with Gasteiger partial charge in [0.2, 0.25) is 5.91 Å². The molecule has 0 aliphatic heterocycles. The molecule has 1 aromatic rings. The first-order valence-corrected chi connectivity index (χ1v) is 5.92. The van der Waals surface area contributed by atoms with Crippen molar-refractivity contribution in [3.8, 4) is 0 Å². The topological polar surface area (TPSA) is 55.1 Å². The Balaban J connectivity index is 2.82. The van der Waals surface area contributed by atoms with Gasteiger partial charge in [0.05, 0.1) is 16.8 Å². The Hall–Kier alpha value is -1.06. The smallest absolute Gasteiger partial charge is 0.241 e. The first kappa shape index (κ1) is 14.0. The van der Waals surface area contributed by atoms with E-state index in [2.05, 4.69) is 5.32 Å². The number of nitrogens with one attached hydrogen (secondary N) is 1. The predicted octanol–water partition coefficient (Wildman–Crippen LogP) is 2.96. The van der Waals surface area contributed by atoms with Gasteiger partial charge in [-0.05, 0) is 30.0 Å². The van der Waals surface area contributed by atoms with Gasteiger partial charge in [0.1, 0.15) is 0 Å². The third-order valence-corrected chi connectivity index (χ3v) is 2.91. The average Bonchev–Trinajstić information content (AvgIpc) is 2.19. The highest BCUT2D eigenvalue weighted by Crippen LogP contribution is 2.24. The number of halogens is 1. The lowest BCUT2D eigenvalue weighted by Gasteiger charge is -2.26. The number of aryl methyl sites for hydroxylation is 1.